The van der Waals surface area contributed by atoms with Gasteiger partial charge in [-0.25, -0.2) is 5.01 Å². The first-order valence-corrected chi connectivity index (χ1v) is 6.91. The molecule has 2 unspecified atom stereocenters. The topological polar surface area (TPSA) is 32.3 Å². The Morgan fingerprint density at radius 1 is 1.40 bits per heavy atom. The highest BCUT2D eigenvalue weighted by Gasteiger charge is 2.33. The molecule has 0 aromatic heterocycles. The predicted octanol–water partition coefficient (Wildman–Crippen LogP) is 2.38. The van der Waals surface area contributed by atoms with Crippen molar-refractivity contribution in [3.8, 4) is 0 Å². The molecule has 1 aliphatic heterocycles. The Balaban J connectivity index is 2.55. The van der Waals surface area contributed by atoms with Gasteiger partial charge in [-0.3, -0.25) is 10.2 Å². The van der Waals surface area contributed by atoms with Gasteiger partial charge in [-0.2, -0.15) is 0 Å². The molecule has 1 heterocycles. The van der Waals surface area contributed by atoms with E-state index in [9.17, 15) is 4.79 Å². The first-order chi connectivity index (χ1) is 7.19. The number of carbonyl (C=O) groups excluding carboxylic acids is 1. The lowest BCUT2D eigenvalue weighted by atomic mass is 10.2. The smallest absolute Gasteiger partial charge is 0.231 e. The van der Waals surface area contributed by atoms with Gasteiger partial charge in [0.15, 0.2) is 0 Å². The van der Waals surface area contributed by atoms with Crippen LogP contribution in [0, 0.1) is 0 Å². The van der Waals surface area contributed by atoms with E-state index >= 15 is 0 Å². The Bertz CT molecular complexity index is 197. The van der Waals surface area contributed by atoms with Crippen molar-refractivity contribution >= 4 is 17.7 Å². The second-order valence-electron chi connectivity index (χ2n) is 4.09. The number of carbonyl (C=O) groups is 1. The molecule has 1 saturated heterocycles. The van der Waals surface area contributed by atoms with E-state index in [1.807, 2.05) is 11.8 Å². The lowest BCUT2D eigenvalue weighted by Gasteiger charge is -2.28. The van der Waals surface area contributed by atoms with Crippen LogP contribution in [0.3, 0.4) is 0 Å². The predicted molar refractivity (Wildman–Crippen MR) is 65.5 cm³/mol. The lowest BCUT2D eigenvalue weighted by molar-refractivity contribution is -0.124. The first-order valence-electron chi connectivity index (χ1n) is 5.86. The Kier molecular flexibility index (Phi) is 5.47. The van der Waals surface area contributed by atoms with Crippen molar-refractivity contribution < 1.29 is 4.79 Å². The standard InChI is InChI=1S/C11H22N2OS/c1-4-6-10-8-15-11(7-5-2)13(10)12-9(3)14/h10-11H,4-8H2,1-3H3,(H,12,14). The highest BCUT2D eigenvalue weighted by Crippen LogP contribution is 2.32. The summed E-state index contributed by atoms with van der Waals surface area (Å²) >= 11 is 1.98. The molecule has 0 aromatic carbocycles. The van der Waals surface area contributed by atoms with Crippen LogP contribution >= 0.6 is 11.8 Å². The number of hydrazine groups is 1. The van der Waals surface area contributed by atoms with E-state index in [4.69, 9.17) is 0 Å². The number of nitrogens with one attached hydrogen (secondary N) is 1. The molecule has 0 bridgehead atoms. The highest BCUT2D eigenvalue weighted by molar-refractivity contribution is 8.00. The second-order valence-corrected chi connectivity index (χ2v) is 5.31. The van der Waals surface area contributed by atoms with Crippen molar-refractivity contribution in [2.24, 2.45) is 0 Å². The molecular weight excluding hydrogens is 208 g/mol. The highest BCUT2D eigenvalue weighted by atomic mass is 32.2. The van der Waals surface area contributed by atoms with E-state index in [0.29, 0.717) is 11.4 Å². The number of thioether (sulfide) groups is 1. The average molecular weight is 230 g/mol. The van der Waals surface area contributed by atoms with Crippen LogP contribution in [0.5, 0.6) is 0 Å². The number of amides is 1. The molecule has 1 N–H and O–H groups in total. The maximum absolute atomic E-state index is 11.1. The summed E-state index contributed by atoms with van der Waals surface area (Å²) in [4.78, 5) is 11.1. The Morgan fingerprint density at radius 3 is 2.60 bits per heavy atom. The summed E-state index contributed by atoms with van der Waals surface area (Å²) in [5.74, 6) is 1.21. The number of hydrogen-bond donors (Lipinski definition) is 1. The largest absolute Gasteiger partial charge is 0.288 e. The fraction of sp³-hybridized carbons (Fsp3) is 0.909. The van der Waals surface area contributed by atoms with Gasteiger partial charge in [0.05, 0.1) is 5.37 Å². The maximum Gasteiger partial charge on any atom is 0.231 e. The van der Waals surface area contributed by atoms with Gasteiger partial charge >= 0.3 is 0 Å². The SMILES string of the molecule is CCCC1CSC(CCC)N1NC(C)=O. The first kappa shape index (κ1) is 12.8. The minimum absolute atomic E-state index is 0.0553. The van der Waals surface area contributed by atoms with Gasteiger partial charge in [-0.05, 0) is 12.8 Å². The molecule has 1 amide bonds. The molecule has 88 valence electrons. The van der Waals surface area contributed by atoms with E-state index in [0.717, 1.165) is 12.2 Å². The Morgan fingerprint density at radius 2 is 2.07 bits per heavy atom. The van der Waals surface area contributed by atoms with E-state index in [2.05, 4.69) is 24.3 Å². The van der Waals surface area contributed by atoms with Gasteiger partial charge in [-0.1, -0.05) is 26.7 Å². The minimum Gasteiger partial charge on any atom is -0.288 e. The van der Waals surface area contributed by atoms with Crippen LogP contribution in [-0.2, 0) is 4.79 Å². The van der Waals surface area contributed by atoms with Crippen LogP contribution in [0.25, 0.3) is 0 Å². The monoisotopic (exact) mass is 230 g/mol. The fourth-order valence-corrected chi connectivity index (χ4v) is 3.55. The molecule has 0 radical (unpaired) electrons. The molecule has 0 aliphatic carbocycles. The molecule has 3 nitrogen and oxygen atoms in total. The minimum atomic E-state index is 0.0553. The third-order valence-electron chi connectivity index (χ3n) is 2.63. The molecule has 1 rings (SSSR count). The van der Waals surface area contributed by atoms with Crippen LogP contribution in [0.1, 0.15) is 46.5 Å². The number of rotatable bonds is 5. The van der Waals surface area contributed by atoms with Crippen molar-refractivity contribution in [2.75, 3.05) is 5.75 Å². The molecule has 4 heteroatoms. The summed E-state index contributed by atoms with van der Waals surface area (Å²) in [5.41, 5.74) is 2.99. The molecule has 1 fully saturated rings. The van der Waals surface area contributed by atoms with Gasteiger partial charge in [0.25, 0.3) is 0 Å². The molecular formula is C11H22N2OS. The Hall–Kier alpha value is -0.220. The van der Waals surface area contributed by atoms with Crippen LogP contribution < -0.4 is 5.43 Å². The van der Waals surface area contributed by atoms with Crippen LogP contribution in [-0.4, -0.2) is 28.1 Å². The summed E-state index contributed by atoms with van der Waals surface area (Å²) in [6.45, 7) is 5.98. The van der Waals surface area contributed by atoms with E-state index in [1.165, 1.54) is 19.3 Å². The number of nitrogens with zero attached hydrogens (tertiary/aromatic N) is 1. The number of hydrogen-bond acceptors (Lipinski definition) is 3. The van der Waals surface area contributed by atoms with Crippen molar-refractivity contribution in [3.63, 3.8) is 0 Å². The molecule has 15 heavy (non-hydrogen) atoms. The summed E-state index contributed by atoms with van der Waals surface area (Å²) in [6.07, 6.45) is 4.69. The zero-order chi connectivity index (χ0) is 11.3. The third kappa shape index (κ3) is 3.68. The van der Waals surface area contributed by atoms with E-state index in [-0.39, 0.29) is 5.91 Å². The summed E-state index contributed by atoms with van der Waals surface area (Å²) < 4.78 is 0. The average Bonchev–Trinajstić information content (AvgIpc) is 2.51. The third-order valence-corrected chi connectivity index (χ3v) is 4.05. The van der Waals surface area contributed by atoms with Crippen molar-refractivity contribution in [2.45, 2.75) is 57.9 Å². The van der Waals surface area contributed by atoms with Gasteiger partial charge in [0.2, 0.25) is 5.91 Å². The van der Waals surface area contributed by atoms with E-state index < -0.39 is 0 Å². The van der Waals surface area contributed by atoms with Crippen molar-refractivity contribution in [1.82, 2.24) is 10.4 Å². The van der Waals surface area contributed by atoms with Gasteiger partial charge in [0, 0.05) is 18.7 Å². The second kappa shape index (κ2) is 6.38. The fourth-order valence-electron chi connectivity index (χ4n) is 1.99. The van der Waals surface area contributed by atoms with Gasteiger partial charge < -0.3 is 0 Å². The molecule has 0 spiro atoms. The summed E-state index contributed by atoms with van der Waals surface area (Å²) in [5, 5.41) is 2.66. The molecule has 2 atom stereocenters. The van der Waals surface area contributed by atoms with Gasteiger partial charge in [-0.15, -0.1) is 11.8 Å². The normalized spacial score (nSPS) is 26.9. The molecule has 0 saturated carbocycles. The zero-order valence-corrected chi connectivity index (χ0v) is 10.8. The summed E-state index contributed by atoms with van der Waals surface area (Å²) in [6, 6.07) is 0.528. The van der Waals surface area contributed by atoms with E-state index in [1.54, 1.807) is 6.92 Å². The maximum atomic E-state index is 11.1. The molecule has 0 aromatic rings. The quantitative estimate of drug-likeness (QED) is 0.787. The molecule has 1 aliphatic rings. The van der Waals surface area contributed by atoms with Crippen molar-refractivity contribution in [3.05, 3.63) is 0 Å². The van der Waals surface area contributed by atoms with Crippen LogP contribution in [0.2, 0.25) is 0 Å². The lowest BCUT2D eigenvalue weighted by Crippen LogP contribution is -2.48. The summed E-state index contributed by atoms with van der Waals surface area (Å²) in [7, 11) is 0. The van der Waals surface area contributed by atoms with Gasteiger partial charge in [0.1, 0.15) is 0 Å². The van der Waals surface area contributed by atoms with Crippen LogP contribution in [0.15, 0.2) is 0 Å². The van der Waals surface area contributed by atoms with Crippen LogP contribution in [0.4, 0.5) is 0 Å². The Labute approximate surface area is 96.9 Å². The van der Waals surface area contributed by atoms with Crippen molar-refractivity contribution in [1.29, 1.82) is 0 Å². The zero-order valence-electron chi connectivity index (χ0n) is 9.95.